The van der Waals surface area contributed by atoms with E-state index in [4.69, 9.17) is 9.47 Å². The highest BCUT2D eigenvalue weighted by Gasteiger charge is 2.40. The molecule has 4 rings (SSSR count). The van der Waals surface area contributed by atoms with Crippen molar-refractivity contribution < 1.29 is 14.3 Å². The number of para-hydroxylation sites is 1. The van der Waals surface area contributed by atoms with Crippen molar-refractivity contribution in [3.05, 3.63) is 60.2 Å². The Bertz CT molecular complexity index is 795. The van der Waals surface area contributed by atoms with E-state index in [-0.39, 0.29) is 12.2 Å². The third-order valence-electron chi connectivity index (χ3n) is 6.39. The molecule has 0 radical (unpaired) electrons. The van der Waals surface area contributed by atoms with Gasteiger partial charge in [-0.2, -0.15) is 0 Å². The second-order valence-corrected chi connectivity index (χ2v) is 8.11. The van der Waals surface area contributed by atoms with Gasteiger partial charge in [0.1, 0.15) is 11.9 Å². The van der Waals surface area contributed by atoms with Gasteiger partial charge in [-0.25, -0.2) is 4.79 Å². The summed E-state index contributed by atoms with van der Waals surface area (Å²) in [5.74, 6) is 0.838. The third kappa shape index (κ3) is 4.56. The Labute approximate surface area is 173 Å². The predicted molar refractivity (Wildman–Crippen MR) is 115 cm³/mol. The van der Waals surface area contributed by atoms with Gasteiger partial charge in [0, 0.05) is 37.2 Å². The average molecular weight is 395 g/mol. The van der Waals surface area contributed by atoms with Crippen LogP contribution in [-0.2, 0) is 11.2 Å². The highest BCUT2D eigenvalue weighted by atomic mass is 16.6. The molecular formula is C24H30N2O3. The second kappa shape index (κ2) is 8.87. The van der Waals surface area contributed by atoms with Gasteiger partial charge in [-0.15, -0.1) is 0 Å². The van der Waals surface area contributed by atoms with Gasteiger partial charge in [0.15, 0.2) is 0 Å². The summed E-state index contributed by atoms with van der Waals surface area (Å²) in [5, 5.41) is 0. The Hall–Kier alpha value is -2.53. The molecule has 0 saturated carbocycles. The van der Waals surface area contributed by atoms with E-state index in [2.05, 4.69) is 11.9 Å². The number of hydrogen-bond donors (Lipinski definition) is 0. The number of benzene rings is 2. The van der Waals surface area contributed by atoms with Crippen LogP contribution in [0, 0.1) is 0 Å². The minimum absolute atomic E-state index is 0.0170. The zero-order chi connectivity index (χ0) is 20.2. The van der Waals surface area contributed by atoms with Crippen molar-refractivity contribution in [3.8, 4) is 5.75 Å². The van der Waals surface area contributed by atoms with Gasteiger partial charge in [0.05, 0.1) is 7.11 Å². The topological polar surface area (TPSA) is 42.0 Å². The zero-order valence-corrected chi connectivity index (χ0v) is 17.3. The van der Waals surface area contributed by atoms with Gasteiger partial charge < -0.3 is 14.4 Å². The SMILES string of the molecule is COc1ccc(CCN(C(=O)OC2C[C@H]3CC[C@H](C2)N3C)c2ccccc2)cc1. The molecule has 29 heavy (non-hydrogen) atoms. The van der Waals surface area contributed by atoms with Gasteiger partial charge in [0.25, 0.3) is 0 Å². The first-order chi connectivity index (χ1) is 14.1. The molecule has 2 heterocycles. The Morgan fingerprint density at radius 2 is 1.69 bits per heavy atom. The van der Waals surface area contributed by atoms with Crippen LogP contribution in [0.2, 0.25) is 0 Å². The van der Waals surface area contributed by atoms with Crippen LogP contribution in [0.5, 0.6) is 5.75 Å². The number of carbonyl (C=O) groups is 1. The fraction of sp³-hybridized carbons (Fsp3) is 0.458. The number of ether oxygens (including phenoxy) is 2. The number of hydrogen-bond acceptors (Lipinski definition) is 4. The number of nitrogens with zero attached hydrogens (tertiary/aromatic N) is 2. The molecule has 0 unspecified atom stereocenters. The number of piperidine rings is 1. The molecule has 5 nitrogen and oxygen atoms in total. The van der Waals surface area contributed by atoms with E-state index in [1.807, 2.05) is 54.6 Å². The van der Waals surface area contributed by atoms with E-state index < -0.39 is 0 Å². The molecule has 2 fully saturated rings. The monoisotopic (exact) mass is 394 g/mol. The second-order valence-electron chi connectivity index (χ2n) is 8.11. The van der Waals surface area contributed by atoms with E-state index in [0.29, 0.717) is 18.6 Å². The summed E-state index contributed by atoms with van der Waals surface area (Å²) in [5.41, 5.74) is 2.04. The number of methoxy groups -OCH3 is 1. The Balaban J connectivity index is 1.43. The number of fused-ring (bicyclic) bond motifs is 2. The van der Waals surface area contributed by atoms with Crippen LogP contribution in [0.25, 0.3) is 0 Å². The molecule has 2 aromatic rings. The first-order valence-electron chi connectivity index (χ1n) is 10.5. The van der Waals surface area contributed by atoms with E-state index in [1.165, 1.54) is 12.8 Å². The molecule has 154 valence electrons. The third-order valence-corrected chi connectivity index (χ3v) is 6.39. The molecule has 1 amide bonds. The van der Waals surface area contributed by atoms with E-state index in [9.17, 15) is 4.79 Å². The molecule has 5 heteroatoms. The summed E-state index contributed by atoms with van der Waals surface area (Å²) in [7, 11) is 3.86. The Morgan fingerprint density at radius 1 is 1.03 bits per heavy atom. The first kappa shape index (κ1) is 19.8. The van der Waals surface area contributed by atoms with Gasteiger partial charge in [-0.05, 0) is 56.1 Å². The lowest BCUT2D eigenvalue weighted by molar-refractivity contribution is 0.0316. The molecule has 0 aromatic heterocycles. The largest absolute Gasteiger partial charge is 0.497 e. The minimum atomic E-state index is -0.237. The summed E-state index contributed by atoms with van der Waals surface area (Å²) in [6.45, 7) is 0.578. The molecule has 0 spiro atoms. The summed E-state index contributed by atoms with van der Waals surface area (Å²) in [6.07, 6.45) is 4.86. The van der Waals surface area contributed by atoms with E-state index >= 15 is 0 Å². The van der Waals surface area contributed by atoms with Crippen LogP contribution >= 0.6 is 0 Å². The lowest BCUT2D eigenvalue weighted by atomic mass is 10.0. The molecule has 2 aliphatic rings. The van der Waals surface area contributed by atoms with Gasteiger partial charge in [0.2, 0.25) is 0 Å². The summed E-state index contributed by atoms with van der Waals surface area (Å²) < 4.78 is 11.2. The average Bonchev–Trinajstić information content (AvgIpc) is 2.96. The zero-order valence-electron chi connectivity index (χ0n) is 17.3. The van der Waals surface area contributed by atoms with Gasteiger partial charge in [-0.3, -0.25) is 4.90 Å². The number of anilines is 1. The number of rotatable bonds is 6. The normalized spacial score (nSPS) is 23.6. The lowest BCUT2D eigenvalue weighted by Crippen LogP contribution is -2.45. The van der Waals surface area contributed by atoms with E-state index in [0.717, 1.165) is 36.3 Å². The fourth-order valence-corrected chi connectivity index (χ4v) is 4.63. The van der Waals surface area contributed by atoms with Crippen LogP contribution in [0.1, 0.15) is 31.2 Å². The molecule has 2 atom stereocenters. The van der Waals surface area contributed by atoms with Crippen LogP contribution in [-0.4, -0.2) is 49.9 Å². The summed E-state index contributed by atoms with van der Waals surface area (Å²) in [4.78, 5) is 17.3. The van der Waals surface area contributed by atoms with Crippen molar-refractivity contribution in [1.29, 1.82) is 0 Å². The molecule has 0 N–H and O–H groups in total. The first-order valence-corrected chi connectivity index (χ1v) is 10.5. The van der Waals surface area contributed by atoms with Crippen molar-refractivity contribution in [1.82, 2.24) is 4.90 Å². The number of amides is 1. The Morgan fingerprint density at radius 3 is 2.31 bits per heavy atom. The maximum absolute atomic E-state index is 13.1. The molecule has 2 saturated heterocycles. The summed E-state index contributed by atoms with van der Waals surface area (Å²) >= 11 is 0. The van der Waals surface area contributed by atoms with Gasteiger partial charge in [-0.1, -0.05) is 30.3 Å². The van der Waals surface area contributed by atoms with Crippen LogP contribution in [0.4, 0.5) is 10.5 Å². The van der Waals surface area contributed by atoms with Crippen LogP contribution in [0.3, 0.4) is 0 Å². The molecule has 0 aliphatic carbocycles. The standard InChI is InChI=1S/C24H30N2O3/c1-25-20-10-11-21(25)17-23(16-20)29-24(27)26(19-6-4-3-5-7-19)15-14-18-8-12-22(28-2)13-9-18/h3-9,12-13,20-21,23H,10-11,14-17H2,1-2H3/t20-,21-/m1/s1. The highest BCUT2D eigenvalue weighted by molar-refractivity contribution is 5.87. The van der Waals surface area contributed by atoms with Crippen LogP contribution in [0.15, 0.2) is 54.6 Å². The van der Waals surface area contributed by atoms with Crippen molar-refractivity contribution in [2.45, 2.75) is 50.3 Å². The highest BCUT2D eigenvalue weighted by Crippen LogP contribution is 2.35. The van der Waals surface area contributed by atoms with Gasteiger partial charge >= 0.3 is 6.09 Å². The van der Waals surface area contributed by atoms with Crippen molar-refractivity contribution in [2.75, 3.05) is 25.6 Å². The molecule has 2 aliphatic heterocycles. The minimum Gasteiger partial charge on any atom is -0.497 e. The molecule has 2 bridgehead atoms. The molecular weight excluding hydrogens is 364 g/mol. The smallest absolute Gasteiger partial charge is 0.414 e. The van der Waals surface area contributed by atoms with Crippen molar-refractivity contribution >= 4 is 11.8 Å². The number of carbonyl (C=O) groups excluding carboxylic acids is 1. The fourth-order valence-electron chi connectivity index (χ4n) is 4.63. The maximum atomic E-state index is 13.1. The maximum Gasteiger partial charge on any atom is 0.414 e. The predicted octanol–water partition coefficient (Wildman–Crippen LogP) is 4.51. The Kier molecular flexibility index (Phi) is 6.05. The van der Waals surface area contributed by atoms with Crippen molar-refractivity contribution in [3.63, 3.8) is 0 Å². The summed E-state index contributed by atoms with van der Waals surface area (Å²) in [6, 6.07) is 18.9. The van der Waals surface area contributed by atoms with Crippen molar-refractivity contribution in [2.24, 2.45) is 0 Å². The molecule has 2 aromatic carbocycles. The van der Waals surface area contributed by atoms with E-state index in [1.54, 1.807) is 12.0 Å². The lowest BCUT2D eigenvalue weighted by Gasteiger charge is -2.36. The van der Waals surface area contributed by atoms with Crippen LogP contribution < -0.4 is 9.64 Å². The quantitative estimate of drug-likeness (QED) is 0.723.